The first kappa shape index (κ1) is 14.8. The molecule has 0 radical (unpaired) electrons. The van der Waals surface area contributed by atoms with Gasteiger partial charge in [-0.3, -0.25) is 10.2 Å². The number of halogens is 2. The van der Waals surface area contributed by atoms with Crippen molar-refractivity contribution in [3.8, 4) is 5.75 Å². The Hall–Kier alpha value is -1.56. The van der Waals surface area contributed by atoms with Gasteiger partial charge in [0.15, 0.2) is 0 Å². The number of ether oxygens (including phenoxy) is 1. The van der Waals surface area contributed by atoms with Crippen LogP contribution in [0.2, 0.25) is 5.02 Å². The fourth-order valence-electron chi connectivity index (χ4n) is 1.67. The van der Waals surface area contributed by atoms with Crippen LogP contribution in [0, 0.1) is 0 Å². The minimum Gasteiger partial charge on any atom is -0.474 e. The molecule has 2 aromatic carbocycles. The van der Waals surface area contributed by atoms with E-state index in [2.05, 4.69) is 21.4 Å². The Kier molecular flexibility index (Phi) is 5.00. The third-order valence-electron chi connectivity index (χ3n) is 2.62. The van der Waals surface area contributed by atoms with Gasteiger partial charge in [-0.25, -0.2) is 5.84 Å². The van der Waals surface area contributed by atoms with E-state index in [0.717, 1.165) is 4.47 Å². The summed E-state index contributed by atoms with van der Waals surface area (Å²) >= 11 is 9.40. The summed E-state index contributed by atoms with van der Waals surface area (Å²) < 4.78 is 6.51. The first-order valence-corrected chi connectivity index (χ1v) is 6.96. The second-order valence-electron chi connectivity index (χ2n) is 3.99. The molecule has 20 heavy (non-hydrogen) atoms. The molecule has 0 aliphatic carbocycles. The molecule has 104 valence electrons. The SMILES string of the molecule is NNC(=O)C(Oc1cc(Br)ccc1Cl)c1ccccc1. The van der Waals surface area contributed by atoms with E-state index in [-0.39, 0.29) is 0 Å². The number of hydrazine groups is 1. The molecule has 0 spiro atoms. The molecular formula is C14H12BrClN2O2. The Labute approximate surface area is 130 Å². The maximum Gasteiger partial charge on any atom is 0.279 e. The zero-order valence-corrected chi connectivity index (χ0v) is 12.7. The number of hydrogen-bond acceptors (Lipinski definition) is 3. The van der Waals surface area contributed by atoms with Crippen LogP contribution < -0.4 is 16.0 Å². The first-order chi connectivity index (χ1) is 9.61. The number of nitrogens with two attached hydrogens (primary N) is 1. The number of benzene rings is 2. The van der Waals surface area contributed by atoms with Crippen LogP contribution in [0.25, 0.3) is 0 Å². The molecule has 0 heterocycles. The molecule has 1 amide bonds. The highest BCUT2D eigenvalue weighted by molar-refractivity contribution is 9.10. The van der Waals surface area contributed by atoms with Crippen molar-refractivity contribution in [2.24, 2.45) is 5.84 Å². The number of carbonyl (C=O) groups is 1. The Morgan fingerprint density at radius 1 is 1.25 bits per heavy atom. The monoisotopic (exact) mass is 354 g/mol. The van der Waals surface area contributed by atoms with E-state index in [9.17, 15) is 4.79 Å². The topological polar surface area (TPSA) is 64.3 Å². The first-order valence-electron chi connectivity index (χ1n) is 5.79. The van der Waals surface area contributed by atoms with E-state index in [1.165, 1.54) is 0 Å². The van der Waals surface area contributed by atoms with Gasteiger partial charge in [-0.2, -0.15) is 0 Å². The fraction of sp³-hybridized carbons (Fsp3) is 0.0714. The molecule has 2 aromatic rings. The summed E-state index contributed by atoms with van der Waals surface area (Å²) in [7, 11) is 0. The highest BCUT2D eigenvalue weighted by Crippen LogP contribution is 2.31. The summed E-state index contributed by atoms with van der Waals surface area (Å²) in [6.45, 7) is 0. The largest absolute Gasteiger partial charge is 0.474 e. The maximum absolute atomic E-state index is 11.9. The molecule has 0 saturated heterocycles. The van der Waals surface area contributed by atoms with Gasteiger partial charge in [0.05, 0.1) is 5.02 Å². The summed E-state index contributed by atoms with van der Waals surface area (Å²) in [6, 6.07) is 14.2. The Bertz CT molecular complexity index is 607. The van der Waals surface area contributed by atoms with Crippen LogP contribution >= 0.6 is 27.5 Å². The van der Waals surface area contributed by atoms with E-state index in [0.29, 0.717) is 16.3 Å². The molecule has 3 N–H and O–H groups in total. The molecule has 4 nitrogen and oxygen atoms in total. The lowest BCUT2D eigenvalue weighted by Crippen LogP contribution is -2.37. The van der Waals surface area contributed by atoms with E-state index >= 15 is 0 Å². The van der Waals surface area contributed by atoms with Gasteiger partial charge in [-0.15, -0.1) is 0 Å². The van der Waals surface area contributed by atoms with Gasteiger partial charge in [0.2, 0.25) is 6.10 Å². The lowest BCUT2D eigenvalue weighted by atomic mass is 10.1. The van der Waals surface area contributed by atoms with E-state index in [1.54, 1.807) is 30.3 Å². The van der Waals surface area contributed by atoms with Crippen LogP contribution in [0.5, 0.6) is 5.75 Å². The van der Waals surface area contributed by atoms with Gasteiger partial charge in [-0.1, -0.05) is 57.9 Å². The smallest absolute Gasteiger partial charge is 0.279 e. The number of hydrogen-bond donors (Lipinski definition) is 2. The van der Waals surface area contributed by atoms with Crippen molar-refractivity contribution in [1.82, 2.24) is 5.43 Å². The lowest BCUT2D eigenvalue weighted by molar-refractivity contribution is -0.128. The second-order valence-corrected chi connectivity index (χ2v) is 5.31. The standard InChI is InChI=1S/C14H12BrClN2O2/c15-10-6-7-11(16)12(8-10)20-13(14(19)18-17)9-4-2-1-3-5-9/h1-8,13H,17H2,(H,18,19). The van der Waals surface area contributed by atoms with Crippen molar-refractivity contribution < 1.29 is 9.53 Å². The molecule has 0 fully saturated rings. The van der Waals surface area contributed by atoms with Gasteiger partial charge in [0.1, 0.15) is 5.75 Å². The number of nitrogens with one attached hydrogen (secondary N) is 1. The Morgan fingerprint density at radius 2 is 1.95 bits per heavy atom. The van der Waals surface area contributed by atoms with Gasteiger partial charge in [0, 0.05) is 10.0 Å². The van der Waals surface area contributed by atoms with Gasteiger partial charge in [0.25, 0.3) is 5.91 Å². The average molecular weight is 356 g/mol. The van der Waals surface area contributed by atoms with Crippen LogP contribution in [-0.2, 0) is 4.79 Å². The summed E-state index contributed by atoms with van der Waals surface area (Å²) in [5, 5.41) is 0.416. The summed E-state index contributed by atoms with van der Waals surface area (Å²) in [4.78, 5) is 11.9. The zero-order valence-electron chi connectivity index (χ0n) is 10.3. The van der Waals surface area contributed by atoms with Gasteiger partial charge in [-0.05, 0) is 18.2 Å². The average Bonchev–Trinajstić information content (AvgIpc) is 2.48. The molecule has 0 aliphatic heterocycles. The molecule has 6 heteroatoms. The predicted octanol–water partition coefficient (Wildman–Crippen LogP) is 3.21. The van der Waals surface area contributed by atoms with Gasteiger partial charge < -0.3 is 4.74 Å². The summed E-state index contributed by atoms with van der Waals surface area (Å²) in [6.07, 6.45) is -0.868. The molecule has 0 aliphatic rings. The molecule has 1 atom stereocenters. The molecule has 0 aromatic heterocycles. The maximum atomic E-state index is 11.9. The van der Waals surface area contributed by atoms with Crippen LogP contribution in [0.3, 0.4) is 0 Å². The number of carbonyl (C=O) groups excluding carboxylic acids is 1. The van der Waals surface area contributed by atoms with Crippen LogP contribution in [0.4, 0.5) is 0 Å². The van der Waals surface area contributed by atoms with Gasteiger partial charge >= 0.3 is 0 Å². The van der Waals surface area contributed by atoms with Crippen molar-refractivity contribution in [2.75, 3.05) is 0 Å². The molecule has 0 saturated carbocycles. The Morgan fingerprint density at radius 3 is 2.60 bits per heavy atom. The zero-order chi connectivity index (χ0) is 14.5. The predicted molar refractivity (Wildman–Crippen MR) is 81.3 cm³/mol. The van der Waals surface area contributed by atoms with Crippen molar-refractivity contribution >= 4 is 33.4 Å². The van der Waals surface area contributed by atoms with Crippen molar-refractivity contribution in [3.05, 3.63) is 63.6 Å². The lowest BCUT2D eigenvalue weighted by Gasteiger charge is -2.18. The Balaban J connectivity index is 2.34. The summed E-state index contributed by atoms with van der Waals surface area (Å²) in [5.74, 6) is 5.16. The highest BCUT2D eigenvalue weighted by atomic mass is 79.9. The third-order valence-corrected chi connectivity index (χ3v) is 3.43. The molecule has 2 rings (SSSR count). The quantitative estimate of drug-likeness (QED) is 0.503. The molecular weight excluding hydrogens is 344 g/mol. The minimum atomic E-state index is -0.868. The van der Waals surface area contributed by atoms with E-state index < -0.39 is 12.0 Å². The van der Waals surface area contributed by atoms with E-state index in [4.69, 9.17) is 22.2 Å². The van der Waals surface area contributed by atoms with Crippen LogP contribution in [0.1, 0.15) is 11.7 Å². The van der Waals surface area contributed by atoms with Crippen LogP contribution in [0.15, 0.2) is 53.0 Å². The van der Waals surface area contributed by atoms with Crippen molar-refractivity contribution in [3.63, 3.8) is 0 Å². The normalized spacial score (nSPS) is 11.8. The van der Waals surface area contributed by atoms with Crippen LogP contribution in [-0.4, -0.2) is 5.91 Å². The second kappa shape index (κ2) is 6.74. The molecule has 0 bridgehead atoms. The fourth-order valence-corrected chi connectivity index (χ4v) is 2.17. The third kappa shape index (κ3) is 3.50. The van der Waals surface area contributed by atoms with E-state index in [1.807, 2.05) is 18.2 Å². The molecule has 1 unspecified atom stereocenters. The highest BCUT2D eigenvalue weighted by Gasteiger charge is 2.22. The van der Waals surface area contributed by atoms with Crippen molar-refractivity contribution in [2.45, 2.75) is 6.10 Å². The number of rotatable bonds is 4. The van der Waals surface area contributed by atoms with Crippen molar-refractivity contribution in [1.29, 1.82) is 0 Å². The summed E-state index contributed by atoms with van der Waals surface area (Å²) in [5.41, 5.74) is 2.79. The number of amides is 1. The minimum absolute atomic E-state index is 0.401.